The third kappa shape index (κ3) is 4.04. The van der Waals surface area contributed by atoms with Crippen molar-refractivity contribution < 1.29 is 25.0 Å². The highest BCUT2D eigenvalue weighted by molar-refractivity contribution is 5.27. The van der Waals surface area contributed by atoms with Crippen molar-refractivity contribution in [2.75, 3.05) is 0 Å². The highest BCUT2D eigenvalue weighted by Crippen LogP contribution is 2.14. The summed E-state index contributed by atoms with van der Waals surface area (Å²) in [5.74, 6) is 0.799. The molecule has 0 N–H and O–H groups in total. The molecule has 0 amide bonds. The van der Waals surface area contributed by atoms with Crippen LogP contribution in [0.2, 0.25) is 0 Å². The first-order valence-corrected chi connectivity index (χ1v) is 6.15. The molecular weight excluding hydrogens is 252 g/mol. The van der Waals surface area contributed by atoms with E-state index >= 15 is 0 Å². The van der Waals surface area contributed by atoms with Crippen LogP contribution in [0.4, 0.5) is 0 Å². The molecule has 0 unspecified atom stereocenters. The predicted octanol–water partition coefficient (Wildman–Crippen LogP) is 2.06. The zero-order valence-corrected chi connectivity index (χ0v) is 10.5. The van der Waals surface area contributed by atoms with Crippen molar-refractivity contribution in [3.8, 4) is 5.75 Å². The van der Waals surface area contributed by atoms with Crippen molar-refractivity contribution in [1.82, 2.24) is 0 Å². The Hall–Kier alpha value is -1.55. The average molecular weight is 265 g/mol. The van der Waals surface area contributed by atoms with Crippen molar-refractivity contribution in [2.45, 2.75) is 13.2 Å². The number of benzene rings is 2. The second kappa shape index (κ2) is 7.01. The van der Waals surface area contributed by atoms with Crippen LogP contribution >= 0.6 is 0 Å². The third-order valence-corrected chi connectivity index (χ3v) is 2.64. The lowest BCUT2D eigenvalue weighted by atomic mass is 10.2. The molecule has 0 aromatic heterocycles. The molecule has 0 radical (unpaired) electrons. The molecule has 0 spiro atoms. The minimum Gasteiger partial charge on any atom is -0.506 e. The summed E-state index contributed by atoms with van der Waals surface area (Å²) in [5, 5.41) is 0. The number of hydrogen-bond acceptors (Lipinski definition) is 3. The summed E-state index contributed by atoms with van der Waals surface area (Å²) >= 11 is 0.550. The molecule has 0 aliphatic carbocycles. The van der Waals surface area contributed by atoms with Gasteiger partial charge in [-0.25, -0.2) is 0 Å². The minimum absolute atomic E-state index is 0.288. The fourth-order valence-corrected chi connectivity index (χ4v) is 1.68. The predicted molar refractivity (Wildman–Crippen MR) is 62.0 cm³/mol. The second-order valence-corrected chi connectivity index (χ2v) is 4.08. The van der Waals surface area contributed by atoms with Gasteiger partial charge in [0, 0.05) is 0 Å². The van der Waals surface area contributed by atoms with Gasteiger partial charge in [-0.05, 0) is 23.3 Å². The van der Waals surface area contributed by atoms with Gasteiger partial charge in [-0.15, -0.1) is 0 Å². The molecule has 0 saturated heterocycles. The summed E-state index contributed by atoms with van der Waals surface area (Å²) in [4.78, 5) is 0. The molecule has 2 rings (SSSR count). The van der Waals surface area contributed by atoms with Gasteiger partial charge in [-0.1, -0.05) is 46.8 Å². The Morgan fingerprint density at radius 1 is 0.833 bits per heavy atom. The Labute approximate surface area is 110 Å². The van der Waals surface area contributed by atoms with Gasteiger partial charge in [0.25, 0.3) is 0 Å². The molecule has 0 atom stereocenters. The molecule has 94 valence electrons. The first kappa shape index (κ1) is 12.9. The van der Waals surface area contributed by atoms with Crippen LogP contribution in [0.1, 0.15) is 11.1 Å². The van der Waals surface area contributed by atoms with E-state index in [1.807, 2.05) is 54.6 Å². The molecule has 0 bridgehead atoms. The van der Waals surface area contributed by atoms with Gasteiger partial charge in [0.05, 0.1) is 0 Å². The van der Waals surface area contributed by atoms with E-state index in [9.17, 15) is 4.66 Å². The van der Waals surface area contributed by atoms with Crippen LogP contribution < -0.4 is 9.40 Å². The summed E-state index contributed by atoms with van der Waals surface area (Å²) < 4.78 is 20.3. The Morgan fingerprint density at radius 2 is 1.50 bits per heavy atom. The van der Waals surface area contributed by atoms with Crippen LogP contribution in [0.25, 0.3) is 0 Å². The van der Waals surface area contributed by atoms with Crippen molar-refractivity contribution in [3.05, 3.63) is 65.7 Å². The van der Waals surface area contributed by atoms with Crippen LogP contribution in [0, 0.1) is 11.3 Å². The third-order valence-electron chi connectivity index (χ3n) is 2.44. The largest absolute Gasteiger partial charge is 0.506 e. The summed E-state index contributed by atoms with van der Waals surface area (Å²) in [5.41, 5.74) is 2.07. The fourth-order valence-electron chi connectivity index (χ4n) is 1.51. The van der Waals surface area contributed by atoms with Crippen LogP contribution in [0.3, 0.4) is 0 Å². The molecular formula is C14H13ClO3. The Balaban J connectivity index is 1.86. The highest BCUT2D eigenvalue weighted by atomic mass is 35.6. The highest BCUT2D eigenvalue weighted by Gasteiger charge is 1.99. The number of halogens is 1. The zero-order valence-electron chi connectivity index (χ0n) is 9.71. The fraction of sp³-hybridized carbons (Fsp3) is 0.143. The van der Waals surface area contributed by atoms with E-state index < -0.39 is 0 Å². The topological polar surface area (TPSA) is 41.5 Å². The maximum atomic E-state index is 10.0. The van der Waals surface area contributed by atoms with Crippen molar-refractivity contribution in [1.29, 1.82) is 0 Å². The maximum absolute atomic E-state index is 10.0. The lowest BCUT2D eigenvalue weighted by Gasteiger charge is -2.06. The van der Waals surface area contributed by atoms with Crippen LogP contribution in [-0.2, 0) is 17.5 Å². The first-order valence-electron chi connectivity index (χ1n) is 5.53. The molecule has 0 fully saturated rings. The van der Waals surface area contributed by atoms with E-state index in [1.165, 1.54) is 0 Å². The second-order valence-electron chi connectivity index (χ2n) is 3.73. The monoisotopic (exact) mass is 264 g/mol. The first-order chi connectivity index (χ1) is 8.88. The quantitative estimate of drug-likeness (QED) is 0.802. The number of ether oxygens (including phenoxy) is 1. The molecule has 0 saturated carbocycles. The average Bonchev–Trinajstić information content (AvgIpc) is 2.45. The van der Waals surface area contributed by atoms with Crippen molar-refractivity contribution in [3.63, 3.8) is 0 Å². The molecule has 0 aliphatic heterocycles. The Bertz CT molecular complexity index is 456. The van der Waals surface area contributed by atoms with E-state index in [2.05, 4.69) is 4.29 Å². The number of rotatable bonds is 6. The Morgan fingerprint density at radius 3 is 2.17 bits per heavy atom. The SMILES string of the molecule is [O-][Cl+]OCc1ccc(OCc2ccccc2)cc1. The van der Waals surface area contributed by atoms with Crippen LogP contribution in [-0.4, -0.2) is 0 Å². The molecule has 0 heterocycles. The van der Waals surface area contributed by atoms with E-state index in [4.69, 9.17) is 4.74 Å². The van der Waals surface area contributed by atoms with Gasteiger partial charge in [-0.2, -0.15) is 0 Å². The molecule has 18 heavy (non-hydrogen) atoms. The lowest BCUT2D eigenvalue weighted by molar-refractivity contribution is -1.27. The van der Waals surface area contributed by atoms with E-state index in [0.717, 1.165) is 16.9 Å². The maximum Gasteiger partial charge on any atom is 0.331 e. The van der Waals surface area contributed by atoms with Crippen LogP contribution in [0.5, 0.6) is 5.75 Å². The summed E-state index contributed by atoms with van der Waals surface area (Å²) in [6.07, 6.45) is 0. The lowest BCUT2D eigenvalue weighted by Crippen LogP contribution is -2.04. The minimum atomic E-state index is 0.288. The Kier molecular flexibility index (Phi) is 5.02. The zero-order chi connectivity index (χ0) is 12.6. The van der Waals surface area contributed by atoms with Crippen molar-refractivity contribution in [2.24, 2.45) is 0 Å². The molecule has 3 nitrogen and oxygen atoms in total. The smallest absolute Gasteiger partial charge is 0.331 e. The van der Waals surface area contributed by atoms with Gasteiger partial charge in [-0.3, -0.25) is 0 Å². The van der Waals surface area contributed by atoms with Gasteiger partial charge in [0.2, 0.25) is 0 Å². The molecule has 2 aromatic carbocycles. The van der Waals surface area contributed by atoms with E-state index in [-0.39, 0.29) is 6.61 Å². The van der Waals surface area contributed by atoms with Gasteiger partial charge in [0.1, 0.15) is 19.0 Å². The molecule has 4 heteroatoms. The standard InChI is InChI=1S/C14H13ClO3/c16-15-18-11-13-6-8-14(9-7-13)17-10-12-4-2-1-3-5-12/h1-9H,10-11H2. The summed E-state index contributed by atoms with van der Waals surface area (Å²) in [6, 6.07) is 17.5. The molecule has 2 aromatic rings. The van der Waals surface area contributed by atoms with Gasteiger partial charge >= 0.3 is 11.3 Å². The summed E-state index contributed by atoms with van der Waals surface area (Å²) in [7, 11) is 0. The van der Waals surface area contributed by atoms with Crippen molar-refractivity contribution >= 4 is 0 Å². The number of hydrogen-bond donors (Lipinski definition) is 0. The molecule has 0 aliphatic rings. The van der Waals surface area contributed by atoms with Crippen LogP contribution in [0.15, 0.2) is 54.6 Å². The van der Waals surface area contributed by atoms with E-state index in [0.29, 0.717) is 17.9 Å². The summed E-state index contributed by atoms with van der Waals surface area (Å²) in [6.45, 7) is 0.834. The van der Waals surface area contributed by atoms with E-state index in [1.54, 1.807) is 0 Å². The normalized spacial score (nSPS) is 10.3. The van der Waals surface area contributed by atoms with Gasteiger partial charge in [0.15, 0.2) is 0 Å². The van der Waals surface area contributed by atoms with Gasteiger partial charge < -0.3 is 9.40 Å².